The molecule has 0 N–H and O–H groups in total. The molecule has 3 atom stereocenters. The molecule has 0 amide bonds. The lowest BCUT2D eigenvalue weighted by molar-refractivity contribution is -0.506. The number of benzene rings is 1. The van der Waals surface area contributed by atoms with Gasteiger partial charge >= 0.3 is 0 Å². The van der Waals surface area contributed by atoms with Crippen LogP contribution in [0, 0.1) is 11.3 Å². The zero-order valence-electron chi connectivity index (χ0n) is 16.8. The van der Waals surface area contributed by atoms with Gasteiger partial charge in [0.25, 0.3) is 0 Å². The third-order valence-corrected chi connectivity index (χ3v) is 5.61. The van der Waals surface area contributed by atoms with Crippen LogP contribution in [0.2, 0.25) is 0 Å². The molecule has 1 aromatic carbocycles. The van der Waals surface area contributed by atoms with Gasteiger partial charge in [-0.25, -0.2) is 4.58 Å². The Balaban J connectivity index is 2.03. The van der Waals surface area contributed by atoms with Gasteiger partial charge in [-0.2, -0.15) is 0 Å². The van der Waals surface area contributed by atoms with Crippen molar-refractivity contribution < 1.29 is 4.58 Å². The average molecular weight is 339 g/mol. The molecule has 0 saturated heterocycles. The number of hydrogen-bond acceptors (Lipinski definition) is 0. The second kappa shape index (κ2) is 9.17. The summed E-state index contributed by atoms with van der Waals surface area (Å²) < 4.78 is 2.41. The Morgan fingerprint density at radius 1 is 1.24 bits per heavy atom. The minimum atomic E-state index is 0.285. The van der Waals surface area contributed by atoms with E-state index >= 15 is 0 Å². The van der Waals surface area contributed by atoms with Gasteiger partial charge < -0.3 is 0 Å². The zero-order valence-corrected chi connectivity index (χ0v) is 16.8. The normalized spacial score (nSPS) is 23.0. The van der Waals surface area contributed by atoms with Gasteiger partial charge in [0.05, 0.1) is 0 Å². The molecule has 0 spiro atoms. The minimum absolute atomic E-state index is 0.285. The van der Waals surface area contributed by atoms with Crippen molar-refractivity contribution >= 4 is 6.21 Å². The first-order valence-electron chi connectivity index (χ1n) is 9.94. The molecule has 1 saturated carbocycles. The topological polar surface area (TPSA) is 3.01 Å². The lowest BCUT2D eigenvalue weighted by Gasteiger charge is -2.21. The van der Waals surface area contributed by atoms with Crippen molar-refractivity contribution in [2.45, 2.75) is 59.3 Å². The largest absolute Gasteiger partial charge is 0.241 e. The standard InChI is InChI=1S/C24H36N/c1-6-12-21(22-13-10-9-11-14-22)15-16-25(5)19-24(4,8-3)18-23-17-20(23)7-2/h6,9-14,16,18,20-21H,7-8,15,17,19H2,1-5H3/q+1. The monoisotopic (exact) mass is 338 g/mol. The van der Waals surface area contributed by atoms with Crippen LogP contribution in [0.15, 0.2) is 54.1 Å². The Kier molecular flexibility index (Phi) is 7.23. The quantitative estimate of drug-likeness (QED) is 0.285. The van der Waals surface area contributed by atoms with Gasteiger partial charge in [0.15, 0.2) is 6.54 Å². The van der Waals surface area contributed by atoms with E-state index in [9.17, 15) is 0 Å². The summed E-state index contributed by atoms with van der Waals surface area (Å²) in [5, 5.41) is 0. The predicted octanol–water partition coefficient (Wildman–Crippen LogP) is 6.22. The SMILES string of the molecule is CC=CC(CC=[N+](C)CC(C)(C=C1CC1CC)CC)c1ccccc1. The van der Waals surface area contributed by atoms with Crippen LogP contribution >= 0.6 is 0 Å². The van der Waals surface area contributed by atoms with E-state index in [1.54, 1.807) is 5.57 Å². The van der Waals surface area contributed by atoms with E-state index in [1.165, 1.54) is 24.8 Å². The number of hydrogen-bond donors (Lipinski definition) is 0. The van der Waals surface area contributed by atoms with Crippen LogP contribution < -0.4 is 0 Å². The van der Waals surface area contributed by atoms with Crippen molar-refractivity contribution in [3.05, 3.63) is 59.7 Å². The molecule has 1 aromatic rings. The van der Waals surface area contributed by atoms with Gasteiger partial charge in [0, 0.05) is 17.8 Å². The second-order valence-electron chi connectivity index (χ2n) is 7.91. The van der Waals surface area contributed by atoms with Crippen LogP contribution in [-0.4, -0.2) is 24.4 Å². The molecule has 1 heteroatoms. The highest BCUT2D eigenvalue weighted by molar-refractivity contribution is 5.54. The summed E-state index contributed by atoms with van der Waals surface area (Å²) in [5.74, 6) is 1.34. The van der Waals surface area contributed by atoms with Crippen molar-refractivity contribution in [3.8, 4) is 0 Å². The molecular formula is C24H36N+. The zero-order chi connectivity index (χ0) is 18.3. The van der Waals surface area contributed by atoms with Gasteiger partial charge in [-0.3, -0.25) is 0 Å². The summed E-state index contributed by atoms with van der Waals surface area (Å²) in [4.78, 5) is 0. The molecule has 0 aliphatic heterocycles. The van der Waals surface area contributed by atoms with E-state index in [0.29, 0.717) is 5.92 Å². The maximum Gasteiger partial charge on any atom is 0.150 e. The van der Waals surface area contributed by atoms with Crippen molar-refractivity contribution in [1.82, 2.24) is 0 Å². The highest BCUT2D eigenvalue weighted by Crippen LogP contribution is 2.43. The Bertz CT molecular complexity index is 623. The molecule has 136 valence electrons. The fraction of sp³-hybridized carbons (Fsp3) is 0.542. The van der Waals surface area contributed by atoms with Crippen LogP contribution in [0.5, 0.6) is 0 Å². The molecule has 3 unspecified atom stereocenters. The van der Waals surface area contributed by atoms with E-state index in [2.05, 4.69) is 94.1 Å². The number of allylic oxidation sites excluding steroid dienone is 3. The third-order valence-electron chi connectivity index (χ3n) is 5.61. The highest BCUT2D eigenvalue weighted by atomic mass is 15.0. The molecule has 1 aliphatic rings. The van der Waals surface area contributed by atoms with E-state index in [1.807, 2.05) is 0 Å². The summed E-state index contributed by atoms with van der Waals surface area (Å²) >= 11 is 0. The van der Waals surface area contributed by atoms with Crippen LogP contribution in [0.4, 0.5) is 0 Å². The molecule has 2 rings (SSSR count). The van der Waals surface area contributed by atoms with Gasteiger partial charge in [-0.1, -0.05) is 74.9 Å². The molecule has 0 heterocycles. The summed E-state index contributed by atoms with van der Waals surface area (Å²) in [6, 6.07) is 10.8. The third kappa shape index (κ3) is 5.99. The molecule has 1 nitrogen and oxygen atoms in total. The summed E-state index contributed by atoms with van der Waals surface area (Å²) in [5.41, 5.74) is 3.37. The number of nitrogens with zero attached hydrogens (tertiary/aromatic N) is 1. The predicted molar refractivity (Wildman–Crippen MR) is 111 cm³/mol. The van der Waals surface area contributed by atoms with Crippen molar-refractivity contribution in [2.24, 2.45) is 11.3 Å². The maximum atomic E-state index is 2.58. The lowest BCUT2D eigenvalue weighted by Crippen LogP contribution is -2.26. The summed E-state index contributed by atoms with van der Waals surface area (Å²) in [7, 11) is 2.23. The minimum Gasteiger partial charge on any atom is -0.241 e. The van der Waals surface area contributed by atoms with E-state index < -0.39 is 0 Å². The Morgan fingerprint density at radius 3 is 2.52 bits per heavy atom. The van der Waals surface area contributed by atoms with Gasteiger partial charge in [-0.15, -0.1) is 0 Å². The van der Waals surface area contributed by atoms with Crippen molar-refractivity contribution in [3.63, 3.8) is 0 Å². The molecule has 0 bridgehead atoms. The molecule has 1 aliphatic carbocycles. The van der Waals surface area contributed by atoms with Crippen molar-refractivity contribution in [2.75, 3.05) is 13.6 Å². The maximum absolute atomic E-state index is 2.58. The molecular weight excluding hydrogens is 302 g/mol. The first kappa shape index (κ1) is 19.7. The highest BCUT2D eigenvalue weighted by Gasteiger charge is 2.33. The summed E-state index contributed by atoms with van der Waals surface area (Å²) in [6.07, 6.45) is 14.3. The van der Waals surface area contributed by atoms with Crippen LogP contribution in [0.3, 0.4) is 0 Å². The lowest BCUT2D eigenvalue weighted by atomic mass is 9.86. The fourth-order valence-electron chi connectivity index (χ4n) is 3.70. The molecule has 0 radical (unpaired) electrons. The van der Waals surface area contributed by atoms with E-state index in [-0.39, 0.29) is 5.41 Å². The fourth-order valence-corrected chi connectivity index (χ4v) is 3.70. The second-order valence-corrected chi connectivity index (χ2v) is 7.91. The first-order valence-corrected chi connectivity index (χ1v) is 9.94. The molecule has 1 fully saturated rings. The van der Waals surface area contributed by atoms with E-state index in [4.69, 9.17) is 0 Å². The smallest absolute Gasteiger partial charge is 0.150 e. The Labute approximate surface area is 155 Å². The number of rotatable bonds is 9. The summed E-state index contributed by atoms with van der Waals surface area (Å²) in [6.45, 7) is 10.2. The van der Waals surface area contributed by atoms with Crippen LogP contribution in [0.25, 0.3) is 0 Å². The first-order chi connectivity index (χ1) is 12.0. The average Bonchev–Trinajstić information content (AvgIpc) is 3.37. The van der Waals surface area contributed by atoms with Gasteiger partial charge in [-0.05, 0) is 37.7 Å². The van der Waals surface area contributed by atoms with Gasteiger partial charge in [0.2, 0.25) is 0 Å². The van der Waals surface area contributed by atoms with Crippen molar-refractivity contribution in [1.29, 1.82) is 0 Å². The molecule has 0 aromatic heterocycles. The van der Waals surface area contributed by atoms with E-state index in [0.717, 1.165) is 18.9 Å². The van der Waals surface area contributed by atoms with Gasteiger partial charge in [0.1, 0.15) is 13.3 Å². The van der Waals surface area contributed by atoms with Crippen LogP contribution in [-0.2, 0) is 0 Å². The Hall–Kier alpha value is -1.63. The van der Waals surface area contributed by atoms with Crippen LogP contribution in [0.1, 0.15) is 64.9 Å². The Morgan fingerprint density at radius 2 is 1.96 bits per heavy atom. The molecule has 25 heavy (non-hydrogen) atoms.